The summed E-state index contributed by atoms with van der Waals surface area (Å²) in [6.07, 6.45) is 0.154. The number of fused-ring (bicyclic) bond motifs is 1. The van der Waals surface area contributed by atoms with E-state index in [0.717, 1.165) is 11.6 Å². The van der Waals surface area contributed by atoms with Gasteiger partial charge in [0.15, 0.2) is 12.0 Å². The maximum absolute atomic E-state index is 14.3. The molecule has 2 aromatic carbocycles. The number of benzene rings is 2. The van der Waals surface area contributed by atoms with E-state index in [1.807, 2.05) is 4.57 Å². The van der Waals surface area contributed by atoms with Crippen molar-refractivity contribution in [3.05, 3.63) is 95.9 Å². The number of carbonyl (C=O) groups excluding carboxylic acids is 1. The van der Waals surface area contributed by atoms with Gasteiger partial charge in [0.25, 0.3) is 0 Å². The second-order valence-corrected chi connectivity index (χ2v) is 9.39. The highest BCUT2D eigenvalue weighted by Gasteiger charge is 2.34. The van der Waals surface area contributed by atoms with Crippen LogP contribution in [0, 0.1) is 0 Å². The molecule has 0 amide bonds. The highest BCUT2D eigenvalue weighted by Crippen LogP contribution is 2.39. The Bertz CT molecular complexity index is 1590. The fourth-order valence-electron chi connectivity index (χ4n) is 4.45. The molecule has 2 aromatic rings. The second kappa shape index (κ2) is 11.5. The number of hydrogen-bond acceptors (Lipinski definition) is 5. The Morgan fingerprint density at radius 3 is 2.54 bits per heavy atom. The van der Waals surface area contributed by atoms with Crippen LogP contribution < -0.4 is 4.74 Å². The fourth-order valence-corrected chi connectivity index (χ4v) is 4.45. The van der Waals surface area contributed by atoms with Crippen LogP contribution in [0.4, 0.5) is 22.0 Å². The topological polar surface area (TPSA) is 66.2 Å². The maximum atomic E-state index is 14.3. The van der Waals surface area contributed by atoms with E-state index in [1.54, 1.807) is 48.8 Å². The van der Waals surface area contributed by atoms with Gasteiger partial charge in [0, 0.05) is 32.3 Å². The molecule has 0 saturated heterocycles. The molecule has 0 bridgehead atoms. The van der Waals surface area contributed by atoms with Crippen LogP contribution in [0.15, 0.2) is 78.9 Å². The van der Waals surface area contributed by atoms with E-state index in [-0.39, 0.29) is 42.3 Å². The first-order chi connectivity index (χ1) is 19.6. The number of carbonyl (C=O) groups is 1. The molecule has 0 spiro atoms. The lowest BCUT2D eigenvalue weighted by molar-refractivity contribution is -0.141. The molecule has 3 aliphatic rings. The van der Waals surface area contributed by atoms with Gasteiger partial charge in [-0.05, 0) is 34.9 Å². The monoisotopic (exact) mass is 569 g/mol. The van der Waals surface area contributed by atoms with Gasteiger partial charge in [-0.15, -0.1) is 0 Å². The largest absolute Gasteiger partial charge is 0.490 e. The Morgan fingerprint density at radius 2 is 1.80 bits per heavy atom. The predicted octanol–water partition coefficient (Wildman–Crippen LogP) is 7.04. The first kappa shape index (κ1) is 28.0. The lowest BCUT2D eigenvalue weighted by Gasteiger charge is -2.16. The van der Waals surface area contributed by atoms with Crippen LogP contribution >= 0.6 is 0 Å². The number of esters is 1. The van der Waals surface area contributed by atoms with E-state index >= 15 is 0 Å². The molecule has 6 nitrogen and oxygen atoms in total. The average Bonchev–Trinajstić information content (AvgIpc) is 3.36. The zero-order chi connectivity index (χ0) is 29.1. The molecule has 5 rings (SSSR count). The SMILES string of the molecule is CC(=O)OCCOc1ccc(-c2ccc(Cn3ccc4nc(C5=C(F)C(F)CC=C5)nc-4c3)cc2)c(C(F)(F)F)c1. The number of imidazole rings is 1. The highest BCUT2D eigenvalue weighted by molar-refractivity contribution is 5.76. The summed E-state index contributed by atoms with van der Waals surface area (Å²) in [5.74, 6) is -1.26. The zero-order valence-electron chi connectivity index (χ0n) is 21.8. The summed E-state index contributed by atoms with van der Waals surface area (Å²) in [5, 5.41) is 0. The van der Waals surface area contributed by atoms with Crippen LogP contribution in [-0.2, 0) is 22.3 Å². The standard InChI is InChI=1S/C30H24F5N3O3/c1-18(39)40-13-14-41-21-9-10-22(24(15-21)30(33,34)35)20-7-5-19(6-8-20)16-38-12-11-26-27(17-38)37-29(36-26)23-3-2-4-25(31)28(23)32/h2-3,5-12,15,17,25H,4,13-14,16H2,1H3. The molecular weight excluding hydrogens is 545 g/mol. The number of ether oxygens (including phenoxy) is 2. The molecular formula is C30H24F5N3O3. The number of rotatable bonds is 8. The number of allylic oxidation sites excluding steroid dienone is 4. The van der Waals surface area contributed by atoms with Crippen molar-refractivity contribution in [2.45, 2.75) is 32.2 Å². The van der Waals surface area contributed by atoms with E-state index < -0.39 is 29.7 Å². The fraction of sp³-hybridized carbons (Fsp3) is 0.233. The van der Waals surface area contributed by atoms with Gasteiger partial charge in [-0.25, -0.2) is 18.7 Å². The molecule has 41 heavy (non-hydrogen) atoms. The number of aromatic nitrogens is 3. The minimum absolute atomic E-state index is 0.00105. The van der Waals surface area contributed by atoms with Gasteiger partial charge in [-0.2, -0.15) is 13.2 Å². The summed E-state index contributed by atoms with van der Waals surface area (Å²) >= 11 is 0. The van der Waals surface area contributed by atoms with Gasteiger partial charge in [-0.1, -0.05) is 42.5 Å². The summed E-state index contributed by atoms with van der Waals surface area (Å²) < 4.78 is 81.5. The van der Waals surface area contributed by atoms with Gasteiger partial charge >= 0.3 is 12.1 Å². The van der Waals surface area contributed by atoms with Crippen LogP contribution in [0.5, 0.6) is 5.75 Å². The second-order valence-electron chi connectivity index (χ2n) is 9.39. The van der Waals surface area contributed by atoms with Crippen LogP contribution in [0.2, 0.25) is 0 Å². The van der Waals surface area contributed by atoms with Crippen LogP contribution in [0.1, 0.15) is 30.3 Å². The quantitative estimate of drug-likeness (QED) is 0.129. The number of alkyl halides is 4. The summed E-state index contributed by atoms with van der Waals surface area (Å²) in [6, 6.07) is 12.1. The molecule has 1 unspecified atom stereocenters. The minimum Gasteiger partial charge on any atom is -0.490 e. The van der Waals surface area contributed by atoms with Gasteiger partial charge in [-0.3, -0.25) is 4.79 Å². The van der Waals surface area contributed by atoms with Crippen molar-refractivity contribution < 1.29 is 36.2 Å². The van der Waals surface area contributed by atoms with Crippen molar-refractivity contribution >= 4 is 11.5 Å². The molecule has 0 aromatic heterocycles. The smallest absolute Gasteiger partial charge is 0.417 e. The van der Waals surface area contributed by atoms with Crippen molar-refractivity contribution in [1.29, 1.82) is 0 Å². The summed E-state index contributed by atoms with van der Waals surface area (Å²) in [4.78, 5) is 19.5. The highest BCUT2D eigenvalue weighted by atomic mass is 19.4. The molecule has 0 radical (unpaired) electrons. The van der Waals surface area contributed by atoms with Gasteiger partial charge in [0.05, 0.1) is 16.8 Å². The average molecular weight is 570 g/mol. The molecule has 212 valence electrons. The van der Waals surface area contributed by atoms with Crippen molar-refractivity contribution in [2.75, 3.05) is 13.2 Å². The lowest BCUT2D eigenvalue weighted by atomic mass is 9.98. The van der Waals surface area contributed by atoms with Crippen molar-refractivity contribution in [3.8, 4) is 28.3 Å². The normalized spacial score (nSPS) is 15.4. The molecule has 0 N–H and O–H groups in total. The number of nitrogens with zero attached hydrogens (tertiary/aromatic N) is 3. The van der Waals surface area contributed by atoms with Crippen molar-refractivity contribution in [2.24, 2.45) is 0 Å². The van der Waals surface area contributed by atoms with E-state index in [0.29, 0.717) is 23.5 Å². The summed E-state index contributed by atoms with van der Waals surface area (Å²) in [5.41, 5.74) is 1.40. The third-order valence-electron chi connectivity index (χ3n) is 6.41. The molecule has 1 atom stereocenters. The van der Waals surface area contributed by atoms with Crippen LogP contribution in [-0.4, -0.2) is 39.9 Å². The van der Waals surface area contributed by atoms with Crippen LogP contribution in [0.3, 0.4) is 0 Å². The van der Waals surface area contributed by atoms with Gasteiger partial charge in [0.2, 0.25) is 0 Å². The maximum Gasteiger partial charge on any atom is 0.417 e. The van der Waals surface area contributed by atoms with E-state index in [2.05, 4.69) is 9.97 Å². The molecule has 0 fully saturated rings. The van der Waals surface area contributed by atoms with Crippen molar-refractivity contribution in [1.82, 2.24) is 14.5 Å². The molecule has 1 aliphatic carbocycles. The Hall–Kier alpha value is -4.54. The minimum atomic E-state index is -4.62. The summed E-state index contributed by atoms with van der Waals surface area (Å²) in [6.45, 7) is 1.48. The van der Waals surface area contributed by atoms with Gasteiger partial charge in [0.1, 0.15) is 30.5 Å². The molecule has 2 heterocycles. The number of halogens is 5. The first-order valence-electron chi connectivity index (χ1n) is 12.7. The zero-order valence-corrected chi connectivity index (χ0v) is 21.8. The molecule has 0 saturated carbocycles. The lowest BCUT2D eigenvalue weighted by Crippen LogP contribution is -2.11. The third-order valence-corrected chi connectivity index (χ3v) is 6.41. The predicted molar refractivity (Wildman–Crippen MR) is 141 cm³/mol. The Labute approximate surface area is 232 Å². The summed E-state index contributed by atoms with van der Waals surface area (Å²) in [7, 11) is 0. The molecule has 2 aliphatic heterocycles. The first-order valence-corrected chi connectivity index (χ1v) is 12.7. The Morgan fingerprint density at radius 1 is 1.05 bits per heavy atom. The van der Waals surface area contributed by atoms with Crippen molar-refractivity contribution in [3.63, 3.8) is 0 Å². The van der Waals surface area contributed by atoms with E-state index in [9.17, 15) is 26.7 Å². The number of hydrogen-bond donors (Lipinski definition) is 0. The van der Waals surface area contributed by atoms with Crippen LogP contribution in [0.25, 0.3) is 28.1 Å². The Kier molecular flexibility index (Phi) is 7.87. The van der Waals surface area contributed by atoms with E-state index in [1.165, 1.54) is 25.1 Å². The molecule has 11 heteroatoms. The Balaban J connectivity index is 1.33. The van der Waals surface area contributed by atoms with E-state index in [4.69, 9.17) is 9.47 Å². The number of pyridine rings is 1. The van der Waals surface area contributed by atoms with Gasteiger partial charge < -0.3 is 14.0 Å². The third kappa shape index (κ3) is 6.45.